The highest BCUT2D eigenvalue weighted by Gasteiger charge is 2.41. The van der Waals surface area contributed by atoms with Gasteiger partial charge in [0.1, 0.15) is 18.2 Å². The number of hydrogen-bond donors (Lipinski definition) is 0. The van der Waals surface area contributed by atoms with Crippen molar-refractivity contribution in [1.82, 2.24) is 4.90 Å². The van der Waals surface area contributed by atoms with Crippen molar-refractivity contribution in [3.63, 3.8) is 0 Å². The first-order valence-electron chi connectivity index (χ1n) is 9.87. The minimum Gasteiger partial charge on any atom is -0.459 e. The number of hydrogen-bond acceptors (Lipinski definition) is 6. The zero-order valence-electron chi connectivity index (χ0n) is 17.6. The molecule has 7 heteroatoms. The normalized spacial score (nSPS) is 14.1. The van der Waals surface area contributed by atoms with Crippen LogP contribution in [0.15, 0.2) is 45.6 Å². The van der Waals surface area contributed by atoms with Crippen molar-refractivity contribution in [1.29, 1.82) is 0 Å². The smallest absolute Gasteiger partial charge is 0.336 e. The molecule has 0 fully saturated rings. The van der Waals surface area contributed by atoms with Crippen LogP contribution >= 0.6 is 0 Å². The van der Waals surface area contributed by atoms with Crippen molar-refractivity contribution in [2.45, 2.75) is 40.3 Å². The highest BCUT2D eigenvalue weighted by molar-refractivity contribution is 6.22. The molecule has 0 radical (unpaired) electrons. The molecule has 158 valence electrons. The van der Waals surface area contributed by atoms with E-state index in [0.717, 1.165) is 21.6 Å². The SMILES string of the molecule is Cc1ccc2c(c1)C(=O)N(C(C)C(=O)OCc1cc(=O)oc3c(C)c(C)ccc13)C2=O. The third-order valence-corrected chi connectivity index (χ3v) is 5.69. The molecule has 1 unspecified atom stereocenters. The summed E-state index contributed by atoms with van der Waals surface area (Å²) in [6.45, 7) is 6.84. The molecular weight excluding hydrogens is 398 g/mol. The van der Waals surface area contributed by atoms with Gasteiger partial charge in [-0.2, -0.15) is 0 Å². The van der Waals surface area contributed by atoms with Gasteiger partial charge in [0, 0.05) is 17.0 Å². The van der Waals surface area contributed by atoms with Crippen LogP contribution < -0.4 is 5.63 Å². The van der Waals surface area contributed by atoms with Crippen molar-refractivity contribution in [3.8, 4) is 0 Å². The van der Waals surface area contributed by atoms with Gasteiger partial charge < -0.3 is 9.15 Å². The zero-order valence-corrected chi connectivity index (χ0v) is 17.6. The Kier molecular flexibility index (Phi) is 4.97. The summed E-state index contributed by atoms with van der Waals surface area (Å²) in [4.78, 5) is 51.0. The monoisotopic (exact) mass is 419 g/mol. The zero-order chi connectivity index (χ0) is 22.4. The Morgan fingerprint density at radius 1 is 1.00 bits per heavy atom. The van der Waals surface area contributed by atoms with Gasteiger partial charge in [0.25, 0.3) is 11.8 Å². The van der Waals surface area contributed by atoms with Crippen LogP contribution in [0.1, 0.15) is 49.9 Å². The molecule has 0 aliphatic carbocycles. The van der Waals surface area contributed by atoms with Gasteiger partial charge >= 0.3 is 11.6 Å². The number of fused-ring (bicyclic) bond motifs is 2. The van der Waals surface area contributed by atoms with E-state index in [4.69, 9.17) is 9.15 Å². The average Bonchev–Trinajstić information content (AvgIpc) is 2.98. The fourth-order valence-corrected chi connectivity index (χ4v) is 3.74. The predicted molar refractivity (Wildman–Crippen MR) is 113 cm³/mol. The van der Waals surface area contributed by atoms with E-state index in [0.29, 0.717) is 16.5 Å². The van der Waals surface area contributed by atoms with Crippen LogP contribution in [0.4, 0.5) is 0 Å². The number of carbonyl (C=O) groups excluding carboxylic acids is 3. The number of carbonyl (C=O) groups is 3. The van der Waals surface area contributed by atoms with E-state index in [1.165, 1.54) is 13.0 Å². The average molecular weight is 419 g/mol. The van der Waals surface area contributed by atoms with Gasteiger partial charge in [-0.15, -0.1) is 0 Å². The van der Waals surface area contributed by atoms with E-state index in [9.17, 15) is 19.2 Å². The fraction of sp³-hybridized carbons (Fsp3) is 0.250. The number of ether oxygens (including phenoxy) is 1. The van der Waals surface area contributed by atoms with Crippen LogP contribution in [0, 0.1) is 20.8 Å². The number of nitrogens with zero attached hydrogens (tertiary/aromatic N) is 1. The maximum atomic E-state index is 12.7. The Balaban J connectivity index is 1.56. The lowest BCUT2D eigenvalue weighted by Crippen LogP contribution is -2.43. The van der Waals surface area contributed by atoms with Crippen molar-refractivity contribution in [2.75, 3.05) is 0 Å². The maximum absolute atomic E-state index is 12.7. The lowest BCUT2D eigenvalue weighted by Gasteiger charge is -2.21. The third-order valence-electron chi connectivity index (χ3n) is 5.69. The lowest BCUT2D eigenvalue weighted by atomic mass is 10.0. The van der Waals surface area contributed by atoms with Gasteiger partial charge in [-0.1, -0.05) is 23.8 Å². The van der Waals surface area contributed by atoms with E-state index >= 15 is 0 Å². The first-order chi connectivity index (χ1) is 14.7. The van der Waals surface area contributed by atoms with E-state index in [2.05, 4.69) is 0 Å². The Morgan fingerprint density at radius 2 is 1.71 bits per heavy atom. The second kappa shape index (κ2) is 7.50. The molecule has 2 amide bonds. The number of amides is 2. The van der Waals surface area contributed by atoms with Crippen molar-refractivity contribution in [3.05, 3.63) is 80.2 Å². The molecule has 7 nitrogen and oxygen atoms in total. The summed E-state index contributed by atoms with van der Waals surface area (Å²) in [7, 11) is 0. The van der Waals surface area contributed by atoms with Gasteiger partial charge in [-0.3, -0.25) is 14.5 Å². The summed E-state index contributed by atoms with van der Waals surface area (Å²) in [6, 6.07) is 8.83. The van der Waals surface area contributed by atoms with Gasteiger partial charge in [0.15, 0.2) is 0 Å². The van der Waals surface area contributed by atoms with Gasteiger partial charge in [0.05, 0.1) is 11.1 Å². The predicted octanol–water partition coefficient (Wildman–Crippen LogP) is 3.45. The fourth-order valence-electron chi connectivity index (χ4n) is 3.74. The Hall–Kier alpha value is -3.74. The molecule has 1 aliphatic heterocycles. The van der Waals surface area contributed by atoms with E-state index in [-0.39, 0.29) is 17.7 Å². The van der Waals surface area contributed by atoms with Crippen LogP contribution in [-0.2, 0) is 16.1 Å². The van der Waals surface area contributed by atoms with Crippen LogP contribution in [0.5, 0.6) is 0 Å². The topological polar surface area (TPSA) is 93.9 Å². The Bertz CT molecular complexity index is 1320. The van der Waals surface area contributed by atoms with Gasteiger partial charge in [-0.05, 0) is 51.0 Å². The van der Waals surface area contributed by atoms with Crippen molar-refractivity contribution >= 4 is 28.8 Å². The van der Waals surface area contributed by atoms with Gasteiger partial charge in [0.2, 0.25) is 0 Å². The standard InChI is InChI=1S/C24H21NO6/c1-12-5-7-18-19(9-12)23(28)25(22(18)27)15(4)24(29)30-11-16-10-20(26)31-21-14(3)13(2)6-8-17(16)21/h5-10,15H,11H2,1-4H3. The molecular formula is C24H21NO6. The summed E-state index contributed by atoms with van der Waals surface area (Å²) in [5.74, 6) is -1.79. The van der Waals surface area contributed by atoms with Crippen LogP contribution in [0.2, 0.25) is 0 Å². The lowest BCUT2D eigenvalue weighted by molar-refractivity contribution is -0.149. The van der Waals surface area contributed by atoms with Gasteiger partial charge in [-0.25, -0.2) is 9.59 Å². The highest BCUT2D eigenvalue weighted by Crippen LogP contribution is 2.27. The van der Waals surface area contributed by atoms with E-state index in [1.807, 2.05) is 26.8 Å². The maximum Gasteiger partial charge on any atom is 0.336 e. The van der Waals surface area contributed by atoms with Crippen LogP contribution in [0.25, 0.3) is 11.0 Å². The summed E-state index contributed by atoms with van der Waals surface area (Å²) in [5, 5.41) is 0.666. The molecule has 0 saturated heterocycles. The van der Waals surface area contributed by atoms with Crippen LogP contribution in [-0.4, -0.2) is 28.7 Å². The highest BCUT2D eigenvalue weighted by atomic mass is 16.5. The minimum absolute atomic E-state index is 0.184. The second-order valence-corrected chi connectivity index (χ2v) is 7.79. The Labute approximate surface area is 178 Å². The molecule has 3 aromatic rings. The number of aryl methyl sites for hydroxylation is 3. The summed E-state index contributed by atoms with van der Waals surface area (Å²) < 4.78 is 10.7. The molecule has 2 aromatic carbocycles. The molecule has 1 atom stereocenters. The molecule has 4 rings (SSSR count). The molecule has 0 N–H and O–H groups in total. The minimum atomic E-state index is -1.11. The largest absolute Gasteiger partial charge is 0.459 e. The second-order valence-electron chi connectivity index (χ2n) is 7.79. The summed E-state index contributed by atoms with van der Waals surface area (Å²) in [5.41, 5.74) is 3.59. The van der Waals surface area contributed by atoms with Crippen LogP contribution in [0.3, 0.4) is 0 Å². The molecule has 0 saturated carbocycles. The number of benzene rings is 2. The molecule has 31 heavy (non-hydrogen) atoms. The van der Waals surface area contributed by atoms with E-state index in [1.54, 1.807) is 24.3 Å². The summed E-state index contributed by atoms with van der Waals surface area (Å²) in [6.07, 6.45) is 0. The van der Waals surface area contributed by atoms with Crippen molar-refractivity contribution < 1.29 is 23.5 Å². The molecule has 1 aromatic heterocycles. The first kappa shape index (κ1) is 20.5. The molecule has 2 heterocycles. The third kappa shape index (κ3) is 3.42. The summed E-state index contributed by atoms with van der Waals surface area (Å²) >= 11 is 0. The van der Waals surface area contributed by atoms with Crippen molar-refractivity contribution in [2.24, 2.45) is 0 Å². The number of esters is 1. The molecule has 0 bridgehead atoms. The quantitative estimate of drug-likeness (QED) is 0.365. The Morgan fingerprint density at radius 3 is 2.45 bits per heavy atom. The molecule has 0 spiro atoms. The number of imide groups is 1. The van der Waals surface area contributed by atoms with E-state index < -0.39 is 29.5 Å². The first-order valence-corrected chi connectivity index (χ1v) is 9.87. The number of rotatable bonds is 4. The molecule has 1 aliphatic rings.